The first kappa shape index (κ1) is 17.2. The monoisotopic (exact) mass is 372 g/mol. The molecule has 0 saturated carbocycles. The molecule has 2 heterocycles. The van der Waals surface area contributed by atoms with Gasteiger partial charge in [-0.2, -0.15) is 0 Å². The first-order valence-corrected chi connectivity index (χ1v) is 10.1. The predicted molar refractivity (Wildman–Crippen MR) is 100 cm³/mol. The van der Waals surface area contributed by atoms with Crippen molar-refractivity contribution >= 4 is 20.9 Å². The van der Waals surface area contributed by atoms with Gasteiger partial charge in [-0.1, -0.05) is 23.8 Å². The Kier molecular flexibility index (Phi) is 4.12. The Morgan fingerprint density at radius 2 is 1.88 bits per heavy atom. The van der Waals surface area contributed by atoms with Gasteiger partial charge < -0.3 is 4.90 Å². The van der Waals surface area contributed by atoms with Crippen molar-refractivity contribution in [3.63, 3.8) is 0 Å². The van der Waals surface area contributed by atoms with Crippen LogP contribution >= 0.6 is 0 Å². The van der Waals surface area contributed by atoms with Crippen molar-refractivity contribution in [1.29, 1.82) is 0 Å². The number of benzene rings is 2. The predicted octanol–water partition coefficient (Wildman–Crippen LogP) is 3.70. The largest absolute Gasteiger partial charge is 0.302 e. The average molecular weight is 372 g/mol. The zero-order valence-corrected chi connectivity index (χ0v) is 15.7. The number of hydrogen-bond donors (Lipinski definition) is 0. The van der Waals surface area contributed by atoms with Crippen LogP contribution in [0, 0.1) is 12.7 Å². The van der Waals surface area contributed by atoms with Crippen LogP contribution in [0.4, 0.5) is 4.39 Å². The van der Waals surface area contributed by atoms with Crippen molar-refractivity contribution in [3.8, 4) is 0 Å². The van der Waals surface area contributed by atoms with Gasteiger partial charge >= 0.3 is 0 Å². The minimum absolute atomic E-state index is 0.280. The van der Waals surface area contributed by atoms with E-state index in [1.54, 1.807) is 6.07 Å². The van der Waals surface area contributed by atoms with Gasteiger partial charge in [0.1, 0.15) is 10.7 Å². The van der Waals surface area contributed by atoms with E-state index in [9.17, 15) is 12.8 Å². The summed E-state index contributed by atoms with van der Waals surface area (Å²) in [5, 5.41) is 0.939. The zero-order valence-electron chi connectivity index (χ0n) is 14.9. The number of hydrogen-bond acceptors (Lipinski definition) is 3. The van der Waals surface area contributed by atoms with Gasteiger partial charge in [-0.05, 0) is 63.2 Å². The molecule has 0 fully saturated rings. The number of rotatable bonds is 2. The summed E-state index contributed by atoms with van der Waals surface area (Å²) in [6.07, 6.45) is 1.52. The zero-order chi connectivity index (χ0) is 18.5. The highest BCUT2D eigenvalue weighted by Gasteiger charge is 2.30. The number of aryl methyl sites for hydroxylation is 1. The summed E-state index contributed by atoms with van der Waals surface area (Å²) in [6, 6.07) is 11.3. The van der Waals surface area contributed by atoms with E-state index in [2.05, 4.69) is 4.90 Å². The van der Waals surface area contributed by atoms with Gasteiger partial charge in [0, 0.05) is 17.6 Å². The molecule has 0 amide bonds. The fourth-order valence-electron chi connectivity index (χ4n) is 3.81. The molecule has 6 heteroatoms. The van der Waals surface area contributed by atoms with Gasteiger partial charge in [0.2, 0.25) is 0 Å². The van der Waals surface area contributed by atoms with E-state index < -0.39 is 15.8 Å². The van der Waals surface area contributed by atoms with Gasteiger partial charge in [0.25, 0.3) is 10.0 Å². The molecule has 0 bridgehead atoms. The van der Waals surface area contributed by atoms with E-state index in [1.807, 2.05) is 32.2 Å². The third kappa shape index (κ3) is 2.64. The van der Waals surface area contributed by atoms with Crippen molar-refractivity contribution in [2.45, 2.75) is 31.2 Å². The molecule has 4 nitrogen and oxygen atoms in total. The highest BCUT2D eigenvalue weighted by atomic mass is 32.2. The summed E-state index contributed by atoms with van der Waals surface area (Å²) in [5.74, 6) is -0.721. The molecule has 1 aliphatic heterocycles. The maximum atomic E-state index is 14.3. The number of halogens is 1. The summed E-state index contributed by atoms with van der Waals surface area (Å²) in [6.45, 7) is 3.59. The van der Waals surface area contributed by atoms with E-state index >= 15 is 0 Å². The van der Waals surface area contributed by atoms with Gasteiger partial charge in [-0.25, -0.2) is 16.8 Å². The minimum atomic E-state index is -4.02. The van der Waals surface area contributed by atoms with Crippen LogP contribution in [0.15, 0.2) is 47.4 Å². The standard InChI is InChI=1S/C20H21FN2O2S/c1-14-9-10-19-15(12-14)16-13-22(2)11-5-7-18(16)23(19)26(24,25)20-8-4-3-6-17(20)21/h3-4,6,8-10,12H,5,7,11,13H2,1-2H3. The summed E-state index contributed by atoms with van der Waals surface area (Å²) in [4.78, 5) is 1.92. The first-order chi connectivity index (χ1) is 12.4. The lowest BCUT2D eigenvalue weighted by Gasteiger charge is -2.12. The molecule has 0 saturated heterocycles. The normalized spacial score (nSPS) is 15.8. The van der Waals surface area contributed by atoms with Crippen LogP contribution < -0.4 is 0 Å². The molecule has 0 spiro atoms. The van der Waals surface area contributed by atoms with E-state index in [1.165, 1.54) is 22.2 Å². The molecule has 4 rings (SSSR count). The van der Waals surface area contributed by atoms with E-state index in [4.69, 9.17) is 0 Å². The van der Waals surface area contributed by atoms with Gasteiger partial charge in [-0.3, -0.25) is 0 Å². The Balaban J connectivity index is 2.07. The second-order valence-corrected chi connectivity index (χ2v) is 8.74. The number of fused-ring (bicyclic) bond motifs is 3. The van der Waals surface area contributed by atoms with Gasteiger partial charge in [-0.15, -0.1) is 0 Å². The molecule has 0 unspecified atom stereocenters. The van der Waals surface area contributed by atoms with Crippen LogP contribution in [0.25, 0.3) is 10.9 Å². The lowest BCUT2D eigenvalue weighted by Crippen LogP contribution is -2.17. The quantitative estimate of drug-likeness (QED) is 0.689. The SMILES string of the molecule is Cc1ccc2c(c1)c1c(n2S(=O)(=O)c2ccccc2F)CCCN(C)C1. The Hall–Kier alpha value is -2.18. The Morgan fingerprint density at radius 1 is 1.12 bits per heavy atom. The van der Waals surface area contributed by atoms with Crippen LogP contribution in [-0.4, -0.2) is 30.9 Å². The summed E-state index contributed by atoms with van der Waals surface area (Å²) in [5.41, 5.74) is 3.51. The highest BCUT2D eigenvalue weighted by molar-refractivity contribution is 7.90. The molecular formula is C20H21FN2O2S. The molecule has 0 aliphatic carbocycles. The highest BCUT2D eigenvalue weighted by Crippen LogP contribution is 2.34. The first-order valence-electron chi connectivity index (χ1n) is 8.71. The maximum Gasteiger partial charge on any atom is 0.271 e. The lowest BCUT2D eigenvalue weighted by molar-refractivity contribution is 0.333. The van der Waals surface area contributed by atoms with Crippen LogP contribution in [0.2, 0.25) is 0 Å². The molecule has 3 aromatic rings. The fraction of sp³-hybridized carbons (Fsp3) is 0.300. The van der Waals surface area contributed by atoms with Crippen molar-refractivity contribution in [2.24, 2.45) is 0 Å². The topological polar surface area (TPSA) is 42.3 Å². The van der Waals surface area contributed by atoms with E-state index in [0.29, 0.717) is 18.5 Å². The van der Waals surface area contributed by atoms with Crippen LogP contribution in [-0.2, 0) is 23.0 Å². The summed E-state index contributed by atoms with van der Waals surface area (Å²) < 4.78 is 42.5. The van der Waals surface area contributed by atoms with Gasteiger partial charge in [0.05, 0.1) is 5.52 Å². The molecular weight excluding hydrogens is 351 g/mol. The van der Waals surface area contributed by atoms with Crippen LogP contribution in [0.1, 0.15) is 23.2 Å². The molecule has 0 radical (unpaired) electrons. The molecule has 0 atom stereocenters. The Bertz CT molecular complexity index is 1100. The Labute approximate surface area is 152 Å². The number of nitrogens with zero attached hydrogens (tertiary/aromatic N) is 2. The minimum Gasteiger partial charge on any atom is -0.302 e. The van der Waals surface area contributed by atoms with Crippen LogP contribution in [0.5, 0.6) is 0 Å². The summed E-state index contributed by atoms with van der Waals surface area (Å²) >= 11 is 0. The number of aromatic nitrogens is 1. The van der Waals surface area contributed by atoms with Crippen molar-refractivity contribution in [1.82, 2.24) is 8.87 Å². The summed E-state index contributed by atoms with van der Waals surface area (Å²) in [7, 11) is -1.98. The molecule has 136 valence electrons. The smallest absolute Gasteiger partial charge is 0.271 e. The molecule has 0 N–H and O–H groups in total. The average Bonchev–Trinajstić information content (AvgIpc) is 2.76. The van der Waals surface area contributed by atoms with Crippen molar-refractivity contribution in [2.75, 3.05) is 13.6 Å². The van der Waals surface area contributed by atoms with Crippen molar-refractivity contribution in [3.05, 3.63) is 65.1 Å². The lowest BCUT2D eigenvalue weighted by atomic mass is 10.1. The van der Waals surface area contributed by atoms with Crippen molar-refractivity contribution < 1.29 is 12.8 Å². The van der Waals surface area contributed by atoms with E-state index in [0.717, 1.165) is 35.2 Å². The fourth-order valence-corrected chi connectivity index (χ4v) is 5.48. The van der Waals surface area contributed by atoms with Crippen LogP contribution in [0.3, 0.4) is 0 Å². The third-order valence-electron chi connectivity index (χ3n) is 5.03. The van der Waals surface area contributed by atoms with E-state index in [-0.39, 0.29) is 4.90 Å². The molecule has 2 aromatic carbocycles. The molecule has 26 heavy (non-hydrogen) atoms. The second-order valence-electron chi connectivity index (χ2n) is 6.99. The second kappa shape index (κ2) is 6.21. The molecule has 1 aliphatic rings. The van der Waals surface area contributed by atoms with Gasteiger partial charge in [0.15, 0.2) is 0 Å². The third-order valence-corrected chi connectivity index (χ3v) is 6.81. The maximum absolute atomic E-state index is 14.3. The molecule has 1 aromatic heterocycles. The Morgan fingerprint density at radius 3 is 2.65 bits per heavy atom.